The lowest BCUT2D eigenvalue weighted by molar-refractivity contribution is 0.0758. The lowest BCUT2D eigenvalue weighted by Gasteiger charge is -2.06. The Balaban J connectivity index is 2.20. The number of carbonyl (C=O) groups is 2. The van der Waals surface area contributed by atoms with E-state index in [1.165, 1.54) is 0 Å². The number of alkyl halides is 1. The van der Waals surface area contributed by atoms with E-state index < -0.39 is 29.4 Å². The first-order chi connectivity index (χ1) is 9.49. The van der Waals surface area contributed by atoms with Gasteiger partial charge in [0.1, 0.15) is 11.6 Å². The van der Waals surface area contributed by atoms with Gasteiger partial charge in [-0.25, -0.2) is 13.2 Å². The second kappa shape index (κ2) is 5.69. The molecule has 0 radical (unpaired) electrons. The van der Waals surface area contributed by atoms with E-state index >= 15 is 0 Å². The van der Waals surface area contributed by atoms with Crippen molar-refractivity contribution in [1.82, 2.24) is 0 Å². The SMILES string of the molecule is O=C(c1ccc(F)cc1)C(F)C(=O)c1ccc(F)cc1. The van der Waals surface area contributed by atoms with Crippen LogP contribution in [0.15, 0.2) is 48.5 Å². The van der Waals surface area contributed by atoms with E-state index in [2.05, 4.69) is 0 Å². The smallest absolute Gasteiger partial charge is 0.225 e. The number of carbonyl (C=O) groups excluding carboxylic acids is 2. The van der Waals surface area contributed by atoms with Gasteiger partial charge < -0.3 is 0 Å². The summed E-state index contributed by atoms with van der Waals surface area (Å²) in [5, 5.41) is 0. The Morgan fingerprint density at radius 2 is 1.00 bits per heavy atom. The fourth-order valence-electron chi connectivity index (χ4n) is 1.64. The van der Waals surface area contributed by atoms with E-state index in [9.17, 15) is 22.8 Å². The van der Waals surface area contributed by atoms with Crippen LogP contribution in [0.4, 0.5) is 13.2 Å². The van der Waals surface area contributed by atoms with Crippen molar-refractivity contribution in [3.63, 3.8) is 0 Å². The molecule has 102 valence electrons. The third kappa shape index (κ3) is 2.93. The van der Waals surface area contributed by atoms with Crippen LogP contribution in [-0.2, 0) is 0 Å². The number of hydrogen-bond acceptors (Lipinski definition) is 2. The van der Waals surface area contributed by atoms with Crippen molar-refractivity contribution >= 4 is 11.6 Å². The van der Waals surface area contributed by atoms with Crippen LogP contribution in [0, 0.1) is 11.6 Å². The average molecular weight is 278 g/mol. The monoisotopic (exact) mass is 278 g/mol. The Labute approximate surface area is 112 Å². The van der Waals surface area contributed by atoms with Gasteiger partial charge in [-0.15, -0.1) is 0 Å². The van der Waals surface area contributed by atoms with Crippen molar-refractivity contribution in [2.75, 3.05) is 0 Å². The minimum absolute atomic E-state index is 0.102. The highest BCUT2D eigenvalue weighted by atomic mass is 19.1. The molecule has 0 N–H and O–H groups in total. The Bertz CT molecular complexity index is 576. The Morgan fingerprint density at radius 3 is 1.30 bits per heavy atom. The number of rotatable bonds is 4. The van der Waals surface area contributed by atoms with Crippen molar-refractivity contribution in [3.05, 3.63) is 71.3 Å². The molecule has 2 rings (SSSR count). The van der Waals surface area contributed by atoms with Crippen LogP contribution in [0.1, 0.15) is 20.7 Å². The van der Waals surface area contributed by atoms with E-state index in [0.29, 0.717) is 0 Å². The largest absolute Gasteiger partial charge is 0.290 e. The molecule has 20 heavy (non-hydrogen) atoms. The maximum absolute atomic E-state index is 13.9. The third-order valence-electron chi connectivity index (χ3n) is 2.72. The van der Waals surface area contributed by atoms with Crippen LogP contribution in [0.2, 0.25) is 0 Å². The summed E-state index contributed by atoms with van der Waals surface area (Å²) in [6, 6.07) is 8.41. The van der Waals surface area contributed by atoms with Gasteiger partial charge in [-0.2, -0.15) is 0 Å². The van der Waals surface area contributed by atoms with Gasteiger partial charge in [0.2, 0.25) is 17.7 Å². The van der Waals surface area contributed by atoms with Gasteiger partial charge in [0.05, 0.1) is 0 Å². The summed E-state index contributed by atoms with van der Waals surface area (Å²) in [6.07, 6.45) is -2.40. The van der Waals surface area contributed by atoms with Crippen LogP contribution in [-0.4, -0.2) is 17.7 Å². The predicted octanol–water partition coefficient (Wildman–Crippen LogP) is 3.37. The van der Waals surface area contributed by atoms with Gasteiger partial charge >= 0.3 is 0 Å². The molecule has 0 spiro atoms. The normalized spacial score (nSPS) is 10.6. The maximum atomic E-state index is 13.9. The lowest BCUT2D eigenvalue weighted by atomic mass is 10.00. The molecule has 0 aliphatic rings. The summed E-state index contributed by atoms with van der Waals surface area (Å²) >= 11 is 0. The van der Waals surface area contributed by atoms with Gasteiger partial charge in [0.15, 0.2) is 0 Å². The lowest BCUT2D eigenvalue weighted by Crippen LogP contribution is -2.26. The van der Waals surface area contributed by atoms with Crippen LogP contribution in [0.3, 0.4) is 0 Å². The molecule has 0 aliphatic carbocycles. The molecule has 0 bridgehead atoms. The molecule has 0 fully saturated rings. The zero-order chi connectivity index (χ0) is 14.7. The molecule has 0 saturated carbocycles. The maximum Gasteiger partial charge on any atom is 0.225 e. The van der Waals surface area contributed by atoms with Crippen LogP contribution in [0.25, 0.3) is 0 Å². The topological polar surface area (TPSA) is 34.1 Å². The highest BCUT2D eigenvalue weighted by molar-refractivity contribution is 6.18. The molecule has 0 unspecified atom stereocenters. The summed E-state index contributed by atoms with van der Waals surface area (Å²) in [4.78, 5) is 23.5. The van der Waals surface area contributed by atoms with Gasteiger partial charge in [-0.05, 0) is 48.5 Å². The van der Waals surface area contributed by atoms with E-state index in [4.69, 9.17) is 0 Å². The van der Waals surface area contributed by atoms with Crippen molar-refractivity contribution in [3.8, 4) is 0 Å². The average Bonchev–Trinajstić information content (AvgIpc) is 2.46. The standard InChI is InChI=1S/C15H9F3O2/c16-11-5-1-9(2-6-11)14(19)13(18)15(20)10-3-7-12(17)8-4-10/h1-8,13H. The molecule has 0 aliphatic heterocycles. The second-order valence-electron chi connectivity index (χ2n) is 4.10. The number of benzene rings is 2. The minimum Gasteiger partial charge on any atom is -0.290 e. The molecule has 2 nitrogen and oxygen atoms in total. The zero-order valence-electron chi connectivity index (χ0n) is 10.1. The van der Waals surface area contributed by atoms with Crippen LogP contribution < -0.4 is 0 Å². The molecule has 2 aromatic carbocycles. The summed E-state index contributed by atoms with van der Waals surface area (Å²) in [5.41, 5.74) is -0.205. The van der Waals surface area contributed by atoms with Gasteiger partial charge in [-0.3, -0.25) is 9.59 Å². The Hall–Kier alpha value is -2.43. The van der Waals surface area contributed by atoms with Crippen molar-refractivity contribution < 1.29 is 22.8 Å². The molecule has 0 aromatic heterocycles. The van der Waals surface area contributed by atoms with E-state index in [1.54, 1.807) is 0 Å². The van der Waals surface area contributed by atoms with Crippen molar-refractivity contribution in [2.45, 2.75) is 6.17 Å². The fourth-order valence-corrected chi connectivity index (χ4v) is 1.64. The third-order valence-corrected chi connectivity index (χ3v) is 2.72. The van der Waals surface area contributed by atoms with Crippen molar-refractivity contribution in [2.24, 2.45) is 0 Å². The van der Waals surface area contributed by atoms with Gasteiger partial charge in [-0.1, -0.05) is 0 Å². The molecular weight excluding hydrogens is 269 g/mol. The first-order valence-electron chi connectivity index (χ1n) is 5.72. The quantitative estimate of drug-likeness (QED) is 0.634. The first-order valence-corrected chi connectivity index (χ1v) is 5.72. The van der Waals surface area contributed by atoms with Crippen LogP contribution >= 0.6 is 0 Å². The molecule has 0 amide bonds. The molecule has 0 saturated heterocycles. The second-order valence-corrected chi connectivity index (χ2v) is 4.10. The van der Waals surface area contributed by atoms with Gasteiger partial charge in [0.25, 0.3) is 0 Å². The zero-order valence-corrected chi connectivity index (χ0v) is 10.1. The molecule has 2 aromatic rings. The molecule has 0 atom stereocenters. The fraction of sp³-hybridized carbons (Fsp3) is 0.0667. The summed E-state index contributed by atoms with van der Waals surface area (Å²) < 4.78 is 39.3. The summed E-state index contributed by atoms with van der Waals surface area (Å²) in [5.74, 6) is -3.25. The predicted molar refractivity (Wildman–Crippen MR) is 66.4 cm³/mol. The summed E-state index contributed by atoms with van der Waals surface area (Å²) in [6.45, 7) is 0. The highest BCUT2D eigenvalue weighted by Crippen LogP contribution is 2.13. The number of Topliss-reactive ketones (excluding diaryl/α,β-unsaturated/α-hetero) is 2. The Kier molecular flexibility index (Phi) is 3.98. The molecule has 0 heterocycles. The molecule has 5 heteroatoms. The number of ketones is 2. The van der Waals surface area contributed by atoms with E-state index in [1.807, 2.05) is 0 Å². The van der Waals surface area contributed by atoms with Crippen LogP contribution in [0.5, 0.6) is 0 Å². The first kappa shape index (κ1) is 14.0. The summed E-state index contributed by atoms with van der Waals surface area (Å²) in [7, 11) is 0. The van der Waals surface area contributed by atoms with Gasteiger partial charge in [0, 0.05) is 11.1 Å². The molecular formula is C15H9F3O2. The minimum atomic E-state index is -2.40. The van der Waals surface area contributed by atoms with Crippen molar-refractivity contribution in [1.29, 1.82) is 0 Å². The highest BCUT2D eigenvalue weighted by Gasteiger charge is 2.28. The van der Waals surface area contributed by atoms with E-state index in [-0.39, 0.29) is 11.1 Å². The Morgan fingerprint density at radius 1 is 0.700 bits per heavy atom. The van der Waals surface area contributed by atoms with E-state index in [0.717, 1.165) is 48.5 Å². The number of hydrogen-bond donors (Lipinski definition) is 0. The number of halogens is 3.